The molecule has 2 rings (SSSR count). The average molecular weight is 243 g/mol. The minimum atomic E-state index is -0.391. The van der Waals surface area contributed by atoms with Crippen LogP contribution in [-0.4, -0.2) is 16.9 Å². The van der Waals surface area contributed by atoms with Crippen LogP contribution in [0.4, 0.5) is 0 Å². The molecule has 1 atom stereocenters. The van der Waals surface area contributed by atoms with Gasteiger partial charge in [-0.05, 0) is 25.5 Å². The number of aromatic nitrogens is 1. The summed E-state index contributed by atoms with van der Waals surface area (Å²) in [6, 6.07) is 9.75. The van der Waals surface area contributed by atoms with E-state index in [4.69, 9.17) is 15.9 Å². The summed E-state index contributed by atoms with van der Waals surface area (Å²) in [5.74, 6) is 0.723. The quantitative estimate of drug-likeness (QED) is 0.640. The summed E-state index contributed by atoms with van der Waals surface area (Å²) < 4.78 is 5.78. The van der Waals surface area contributed by atoms with Gasteiger partial charge in [-0.25, -0.2) is 4.98 Å². The number of nitrogens with one attached hydrogen (secondary N) is 1. The fourth-order valence-corrected chi connectivity index (χ4v) is 1.83. The molecule has 0 aliphatic heterocycles. The first-order chi connectivity index (χ1) is 8.61. The first-order valence-corrected chi connectivity index (χ1v) is 5.98. The van der Waals surface area contributed by atoms with Crippen molar-refractivity contribution >= 4 is 16.7 Å². The number of rotatable bonds is 4. The van der Waals surface area contributed by atoms with Crippen molar-refractivity contribution in [3.63, 3.8) is 0 Å². The third-order valence-electron chi connectivity index (χ3n) is 2.81. The molecular weight excluding hydrogens is 226 g/mol. The van der Waals surface area contributed by atoms with Gasteiger partial charge in [-0.2, -0.15) is 0 Å². The maximum absolute atomic E-state index is 7.48. The predicted molar refractivity (Wildman–Crippen MR) is 73.1 cm³/mol. The number of ether oxygens (including phenoxy) is 1. The van der Waals surface area contributed by atoms with Crippen molar-refractivity contribution in [1.29, 1.82) is 5.41 Å². The summed E-state index contributed by atoms with van der Waals surface area (Å²) in [4.78, 5) is 4.49. The molecule has 0 aliphatic rings. The lowest BCUT2D eigenvalue weighted by molar-refractivity contribution is 0.263. The molecular formula is C14H17N3O. The van der Waals surface area contributed by atoms with Gasteiger partial charge in [-0.3, -0.25) is 5.41 Å². The molecule has 94 valence electrons. The van der Waals surface area contributed by atoms with Crippen molar-refractivity contribution < 1.29 is 4.74 Å². The van der Waals surface area contributed by atoms with Gasteiger partial charge in [0.1, 0.15) is 17.1 Å². The van der Waals surface area contributed by atoms with Crippen LogP contribution in [0.1, 0.15) is 19.0 Å². The minimum Gasteiger partial charge on any atom is -0.480 e. The maximum Gasteiger partial charge on any atom is 0.155 e. The maximum atomic E-state index is 7.48. The van der Waals surface area contributed by atoms with Gasteiger partial charge in [-0.1, -0.05) is 25.1 Å². The highest BCUT2D eigenvalue weighted by Gasteiger charge is 2.13. The molecule has 0 spiro atoms. The summed E-state index contributed by atoms with van der Waals surface area (Å²) >= 11 is 0. The van der Waals surface area contributed by atoms with E-state index in [1.165, 1.54) is 0 Å². The first kappa shape index (κ1) is 12.4. The summed E-state index contributed by atoms with van der Waals surface area (Å²) in [6.45, 7) is 3.88. The van der Waals surface area contributed by atoms with E-state index in [1.54, 1.807) is 0 Å². The zero-order valence-electron chi connectivity index (χ0n) is 10.6. The number of amidine groups is 1. The van der Waals surface area contributed by atoms with Crippen molar-refractivity contribution in [2.24, 2.45) is 5.73 Å². The third kappa shape index (κ3) is 2.42. The fraction of sp³-hybridized carbons (Fsp3) is 0.286. The molecule has 0 radical (unpaired) electrons. The molecule has 1 aromatic heterocycles. The lowest BCUT2D eigenvalue weighted by atomic mass is 10.2. The SMILES string of the molecule is CCC(Oc1cccc2ccc(C)nc12)C(=N)N. The number of fused-ring (bicyclic) bond motifs is 1. The van der Waals surface area contributed by atoms with Crippen LogP contribution in [0.5, 0.6) is 5.75 Å². The molecule has 0 amide bonds. The molecule has 3 N–H and O–H groups in total. The average Bonchev–Trinajstić information content (AvgIpc) is 2.35. The number of hydrogen-bond acceptors (Lipinski definition) is 3. The van der Waals surface area contributed by atoms with Gasteiger partial charge in [-0.15, -0.1) is 0 Å². The van der Waals surface area contributed by atoms with E-state index in [0.717, 1.165) is 16.6 Å². The summed E-state index contributed by atoms with van der Waals surface area (Å²) in [5.41, 5.74) is 7.26. The van der Waals surface area contributed by atoms with E-state index < -0.39 is 6.10 Å². The number of benzene rings is 1. The second-order valence-electron chi connectivity index (χ2n) is 4.25. The molecule has 4 heteroatoms. The van der Waals surface area contributed by atoms with E-state index in [9.17, 15) is 0 Å². The van der Waals surface area contributed by atoms with Crippen LogP contribution in [-0.2, 0) is 0 Å². The monoisotopic (exact) mass is 243 g/mol. The Balaban J connectivity index is 2.44. The van der Waals surface area contributed by atoms with Crippen molar-refractivity contribution in [3.8, 4) is 5.75 Å². The molecule has 0 saturated carbocycles. The molecule has 1 heterocycles. The second kappa shape index (κ2) is 5.04. The van der Waals surface area contributed by atoms with Gasteiger partial charge in [0.05, 0.1) is 0 Å². The molecule has 4 nitrogen and oxygen atoms in total. The van der Waals surface area contributed by atoms with E-state index >= 15 is 0 Å². The normalized spacial score (nSPS) is 12.3. The highest BCUT2D eigenvalue weighted by Crippen LogP contribution is 2.25. The Hall–Kier alpha value is -2.10. The predicted octanol–water partition coefficient (Wildman–Crippen LogP) is 2.64. The topological polar surface area (TPSA) is 72.0 Å². The van der Waals surface area contributed by atoms with Crippen molar-refractivity contribution in [3.05, 3.63) is 36.0 Å². The lowest BCUT2D eigenvalue weighted by Gasteiger charge is -2.17. The molecule has 0 saturated heterocycles. The second-order valence-corrected chi connectivity index (χ2v) is 4.25. The van der Waals surface area contributed by atoms with Crippen LogP contribution >= 0.6 is 0 Å². The van der Waals surface area contributed by atoms with E-state index in [1.807, 2.05) is 44.2 Å². The number of pyridine rings is 1. The Kier molecular flexibility index (Phi) is 3.46. The van der Waals surface area contributed by atoms with Gasteiger partial charge in [0, 0.05) is 11.1 Å². The Morgan fingerprint density at radius 2 is 2.17 bits per heavy atom. The number of para-hydroxylation sites is 1. The van der Waals surface area contributed by atoms with Crippen LogP contribution in [0, 0.1) is 12.3 Å². The first-order valence-electron chi connectivity index (χ1n) is 5.98. The minimum absolute atomic E-state index is 0.0437. The number of nitrogens with zero attached hydrogens (tertiary/aromatic N) is 1. The van der Waals surface area contributed by atoms with Crippen molar-refractivity contribution in [1.82, 2.24) is 4.98 Å². The molecule has 1 unspecified atom stereocenters. The van der Waals surface area contributed by atoms with Crippen LogP contribution < -0.4 is 10.5 Å². The van der Waals surface area contributed by atoms with E-state index in [-0.39, 0.29) is 5.84 Å². The molecule has 18 heavy (non-hydrogen) atoms. The van der Waals surface area contributed by atoms with Gasteiger partial charge in [0.2, 0.25) is 0 Å². The van der Waals surface area contributed by atoms with Gasteiger partial charge >= 0.3 is 0 Å². The highest BCUT2D eigenvalue weighted by atomic mass is 16.5. The van der Waals surface area contributed by atoms with Crippen molar-refractivity contribution in [2.45, 2.75) is 26.4 Å². The van der Waals surface area contributed by atoms with Crippen LogP contribution in [0.2, 0.25) is 0 Å². The molecule has 0 fully saturated rings. The van der Waals surface area contributed by atoms with Crippen LogP contribution in [0.15, 0.2) is 30.3 Å². The zero-order chi connectivity index (χ0) is 13.1. The highest BCUT2D eigenvalue weighted by molar-refractivity contribution is 5.86. The smallest absolute Gasteiger partial charge is 0.155 e. The van der Waals surface area contributed by atoms with Gasteiger partial charge in [0.25, 0.3) is 0 Å². The lowest BCUT2D eigenvalue weighted by Crippen LogP contribution is -2.32. The van der Waals surface area contributed by atoms with Gasteiger partial charge < -0.3 is 10.5 Å². The number of hydrogen-bond donors (Lipinski definition) is 2. The van der Waals surface area contributed by atoms with Gasteiger partial charge in [0.15, 0.2) is 6.10 Å². The number of aryl methyl sites for hydroxylation is 1. The molecule has 2 aromatic rings. The van der Waals surface area contributed by atoms with Crippen LogP contribution in [0.25, 0.3) is 10.9 Å². The standard InChI is InChI=1S/C14H17N3O/c1-3-11(14(15)16)18-12-6-4-5-10-8-7-9(2)17-13(10)12/h4-8,11H,3H2,1-2H3,(H3,15,16). The fourth-order valence-electron chi connectivity index (χ4n) is 1.83. The number of nitrogens with two attached hydrogens (primary N) is 1. The Morgan fingerprint density at radius 3 is 2.83 bits per heavy atom. The summed E-state index contributed by atoms with van der Waals surface area (Å²) in [5, 5.41) is 8.51. The summed E-state index contributed by atoms with van der Waals surface area (Å²) in [7, 11) is 0. The molecule has 0 aliphatic carbocycles. The van der Waals surface area contributed by atoms with E-state index in [2.05, 4.69) is 4.98 Å². The molecule has 0 bridgehead atoms. The zero-order valence-corrected chi connectivity index (χ0v) is 10.6. The Morgan fingerprint density at radius 1 is 1.39 bits per heavy atom. The van der Waals surface area contributed by atoms with Crippen LogP contribution in [0.3, 0.4) is 0 Å². The summed E-state index contributed by atoms with van der Waals surface area (Å²) in [6.07, 6.45) is 0.273. The largest absolute Gasteiger partial charge is 0.480 e. The van der Waals surface area contributed by atoms with Crippen molar-refractivity contribution in [2.75, 3.05) is 0 Å². The Bertz CT molecular complexity index is 580. The molecule has 1 aromatic carbocycles. The third-order valence-corrected chi connectivity index (χ3v) is 2.81. The Labute approximate surface area is 106 Å². The van der Waals surface area contributed by atoms with E-state index in [0.29, 0.717) is 12.2 Å².